The van der Waals surface area contributed by atoms with Crippen LogP contribution in [0.4, 0.5) is 4.79 Å². The fraction of sp³-hybridized carbons (Fsp3) is 0.310. The molecule has 0 radical (unpaired) electrons. The van der Waals surface area contributed by atoms with E-state index in [-0.39, 0.29) is 5.92 Å². The lowest BCUT2D eigenvalue weighted by Crippen LogP contribution is -2.54. The minimum absolute atomic E-state index is 0.0475. The van der Waals surface area contributed by atoms with Gasteiger partial charge in [-0.3, -0.25) is 10.6 Å². The van der Waals surface area contributed by atoms with Crippen LogP contribution in [-0.2, 0) is 24.4 Å². The molecule has 37 heavy (non-hydrogen) atoms. The average Bonchev–Trinajstić information content (AvgIpc) is 2.91. The molecule has 0 spiro atoms. The van der Waals surface area contributed by atoms with Crippen molar-refractivity contribution in [1.82, 2.24) is 16.0 Å². The number of carbonyl (C=O) groups is 1. The third kappa shape index (κ3) is 7.39. The predicted octanol–water partition coefficient (Wildman–Crippen LogP) is 4.68. The van der Waals surface area contributed by atoms with Crippen LogP contribution in [0.2, 0.25) is 0 Å². The molecule has 3 unspecified atom stereocenters. The number of ether oxygens (including phenoxy) is 2. The van der Waals surface area contributed by atoms with Crippen molar-refractivity contribution in [2.75, 3.05) is 0 Å². The molecule has 0 bridgehead atoms. The van der Waals surface area contributed by atoms with Gasteiger partial charge in [0.15, 0.2) is 6.35 Å². The molecular weight excluding hydrogens is 468 g/mol. The maximum Gasteiger partial charge on any atom is 0.407 e. The van der Waals surface area contributed by atoms with Gasteiger partial charge < -0.3 is 25.3 Å². The number of aliphatic hydroxyl groups is 1. The van der Waals surface area contributed by atoms with Crippen molar-refractivity contribution in [2.45, 2.75) is 51.9 Å². The molecule has 8 nitrogen and oxygen atoms in total. The van der Waals surface area contributed by atoms with Gasteiger partial charge in [-0.2, -0.15) is 0 Å². The first-order valence-corrected chi connectivity index (χ1v) is 12.4. The minimum Gasteiger partial charge on any atom is -0.457 e. The molecule has 1 aliphatic carbocycles. The number of para-hydroxylation sites is 1. The van der Waals surface area contributed by atoms with Crippen molar-refractivity contribution >= 4 is 11.8 Å². The molecule has 4 rings (SSSR count). The van der Waals surface area contributed by atoms with Gasteiger partial charge in [0.25, 0.3) is 0 Å². The van der Waals surface area contributed by atoms with Gasteiger partial charge in [-0.1, -0.05) is 61.5 Å². The fourth-order valence-corrected chi connectivity index (χ4v) is 4.09. The highest BCUT2D eigenvalue weighted by Crippen LogP contribution is 2.38. The summed E-state index contributed by atoms with van der Waals surface area (Å²) in [5.41, 5.74) is 2.95. The number of carbonyl (C=O) groups excluding carboxylic acids is 1. The van der Waals surface area contributed by atoms with E-state index in [2.05, 4.69) is 16.0 Å². The van der Waals surface area contributed by atoms with Crippen LogP contribution in [0.15, 0.2) is 78.9 Å². The Kier molecular flexibility index (Phi) is 8.55. The maximum absolute atomic E-state index is 12.1. The standard InChI is InChI=1S/C29H34N4O4/c1-20-26(30)16-29(20,2)37-28(35)33-18-22-13-11-21(12-14-22)17-31-27(34)32-19-23-7-6-10-25(15-23)36-24-8-4-3-5-9-24/h3-15,20,27,30-32,34H,16-19H2,1-2H3,(H,33,35). The quantitative estimate of drug-likeness (QED) is 0.243. The number of hydrogen-bond acceptors (Lipinski definition) is 7. The Morgan fingerprint density at radius 3 is 2.22 bits per heavy atom. The van der Waals surface area contributed by atoms with Crippen LogP contribution in [-0.4, -0.2) is 28.9 Å². The van der Waals surface area contributed by atoms with Crippen LogP contribution in [0.25, 0.3) is 0 Å². The van der Waals surface area contributed by atoms with Gasteiger partial charge in [-0.25, -0.2) is 4.79 Å². The van der Waals surface area contributed by atoms with Crippen molar-refractivity contribution in [2.24, 2.45) is 5.92 Å². The molecule has 3 aromatic carbocycles. The first-order chi connectivity index (χ1) is 17.8. The van der Waals surface area contributed by atoms with E-state index >= 15 is 0 Å². The molecule has 0 aromatic heterocycles. The lowest BCUT2D eigenvalue weighted by atomic mass is 9.70. The van der Waals surface area contributed by atoms with Crippen molar-refractivity contribution in [1.29, 1.82) is 5.41 Å². The van der Waals surface area contributed by atoms with E-state index in [9.17, 15) is 9.90 Å². The highest BCUT2D eigenvalue weighted by molar-refractivity contribution is 5.92. The monoisotopic (exact) mass is 502 g/mol. The SMILES string of the molecule is CC1C(=N)CC1(C)OC(=O)NCc1ccc(CNC(O)NCc2cccc(Oc3ccccc3)c2)cc1. The highest BCUT2D eigenvalue weighted by Gasteiger charge is 2.47. The van der Waals surface area contributed by atoms with Crippen molar-refractivity contribution < 1.29 is 19.4 Å². The topological polar surface area (TPSA) is 116 Å². The van der Waals surface area contributed by atoms with Crippen LogP contribution in [0.1, 0.15) is 37.0 Å². The number of aliphatic hydroxyl groups excluding tert-OH is 1. The molecule has 1 amide bonds. The molecule has 0 heterocycles. The molecule has 0 aliphatic heterocycles. The van der Waals surface area contributed by atoms with Crippen molar-refractivity contribution in [3.05, 3.63) is 95.6 Å². The van der Waals surface area contributed by atoms with Gasteiger partial charge in [-0.05, 0) is 47.9 Å². The van der Waals surface area contributed by atoms with Crippen LogP contribution in [0, 0.1) is 11.3 Å². The maximum atomic E-state index is 12.1. The summed E-state index contributed by atoms with van der Waals surface area (Å²) in [6.45, 7) is 5.06. The second-order valence-corrected chi connectivity index (χ2v) is 9.52. The third-order valence-corrected chi connectivity index (χ3v) is 6.64. The summed E-state index contributed by atoms with van der Waals surface area (Å²) in [4.78, 5) is 12.1. The first kappa shape index (κ1) is 26.3. The van der Waals surface area contributed by atoms with E-state index in [4.69, 9.17) is 14.9 Å². The number of benzene rings is 3. The van der Waals surface area contributed by atoms with E-state index in [1.165, 1.54) is 0 Å². The zero-order valence-electron chi connectivity index (χ0n) is 21.2. The van der Waals surface area contributed by atoms with Gasteiger partial charge in [-0.15, -0.1) is 0 Å². The van der Waals surface area contributed by atoms with Crippen LogP contribution >= 0.6 is 0 Å². The Bertz CT molecular complexity index is 1200. The molecule has 3 aromatic rings. The highest BCUT2D eigenvalue weighted by atomic mass is 16.6. The van der Waals surface area contributed by atoms with Crippen LogP contribution in [0.5, 0.6) is 11.5 Å². The summed E-state index contributed by atoms with van der Waals surface area (Å²) in [5.74, 6) is 1.47. The molecule has 0 saturated heterocycles. The summed E-state index contributed by atoms with van der Waals surface area (Å²) >= 11 is 0. The van der Waals surface area contributed by atoms with E-state index < -0.39 is 18.0 Å². The van der Waals surface area contributed by atoms with Crippen molar-refractivity contribution in [3.8, 4) is 11.5 Å². The van der Waals surface area contributed by atoms with Gasteiger partial charge in [0.1, 0.15) is 17.1 Å². The number of nitrogens with one attached hydrogen (secondary N) is 4. The molecule has 3 atom stereocenters. The second kappa shape index (κ2) is 12.0. The van der Waals surface area contributed by atoms with Crippen LogP contribution in [0.3, 0.4) is 0 Å². The molecular formula is C29H34N4O4. The van der Waals surface area contributed by atoms with E-state index in [0.29, 0.717) is 31.8 Å². The Labute approximate surface area is 217 Å². The van der Waals surface area contributed by atoms with Gasteiger partial charge >= 0.3 is 6.09 Å². The minimum atomic E-state index is -0.883. The van der Waals surface area contributed by atoms with Crippen molar-refractivity contribution in [3.63, 3.8) is 0 Å². The lowest BCUT2D eigenvalue weighted by molar-refractivity contribution is -0.0152. The smallest absolute Gasteiger partial charge is 0.407 e. The normalized spacial score (nSPS) is 19.5. The Balaban J connectivity index is 1.16. The summed E-state index contributed by atoms with van der Waals surface area (Å²) in [5, 5.41) is 26.9. The zero-order valence-corrected chi connectivity index (χ0v) is 21.2. The number of alkyl carbamates (subject to hydrolysis) is 1. The average molecular weight is 503 g/mol. The molecule has 1 fully saturated rings. The molecule has 5 N–H and O–H groups in total. The third-order valence-electron chi connectivity index (χ3n) is 6.64. The second-order valence-electron chi connectivity index (χ2n) is 9.52. The first-order valence-electron chi connectivity index (χ1n) is 12.4. The summed E-state index contributed by atoms with van der Waals surface area (Å²) in [6.07, 6.45) is -0.871. The molecule has 1 aliphatic rings. The lowest BCUT2D eigenvalue weighted by Gasteiger charge is -2.44. The number of amides is 1. The molecule has 8 heteroatoms. The number of hydrogen-bond donors (Lipinski definition) is 5. The Hall–Kier alpha value is -3.72. The van der Waals surface area contributed by atoms with Crippen LogP contribution < -0.4 is 20.7 Å². The predicted molar refractivity (Wildman–Crippen MR) is 142 cm³/mol. The molecule has 1 saturated carbocycles. The summed E-state index contributed by atoms with van der Waals surface area (Å²) < 4.78 is 11.4. The largest absolute Gasteiger partial charge is 0.457 e. The van der Waals surface area contributed by atoms with Gasteiger partial charge in [0.05, 0.1) is 0 Å². The van der Waals surface area contributed by atoms with E-state index in [1.54, 1.807) is 0 Å². The Morgan fingerprint density at radius 2 is 1.57 bits per heavy atom. The molecule has 194 valence electrons. The van der Waals surface area contributed by atoms with Gasteiger partial charge in [0, 0.05) is 37.7 Å². The Morgan fingerprint density at radius 1 is 0.946 bits per heavy atom. The number of rotatable bonds is 11. The van der Waals surface area contributed by atoms with E-state index in [0.717, 1.165) is 28.2 Å². The van der Waals surface area contributed by atoms with E-state index in [1.807, 2.05) is 92.7 Å². The zero-order chi connectivity index (χ0) is 26.3. The fourth-order valence-electron chi connectivity index (χ4n) is 4.09. The summed E-state index contributed by atoms with van der Waals surface area (Å²) in [7, 11) is 0. The summed E-state index contributed by atoms with van der Waals surface area (Å²) in [6, 6.07) is 25.1. The van der Waals surface area contributed by atoms with Gasteiger partial charge in [0.2, 0.25) is 0 Å².